The second-order valence-corrected chi connectivity index (χ2v) is 8.19. The van der Waals surface area contributed by atoms with E-state index in [1.807, 2.05) is 13.8 Å². The molecule has 0 bridgehead atoms. The van der Waals surface area contributed by atoms with E-state index in [1.54, 1.807) is 43.6 Å². The van der Waals surface area contributed by atoms with Crippen molar-refractivity contribution in [2.24, 2.45) is 10.9 Å². The van der Waals surface area contributed by atoms with Crippen LogP contribution in [0.15, 0.2) is 57.0 Å². The van der Waals surface area contributed by atoms with Gasteiger partial charge in [0.2, 0.25) is 5.91 Å². The number of nitrogens with zero attached hydrogens (tertiary/aromatic N) is 2. The van der Waals surface area contributed by atoms with E-state index >= 15 is 0 Å². The zero-order chi connectivity index (χ0) is 18.9. The minimum atomic E-state index is -3.63. The molecule has 0 unspecified atom stereocenters. The maximum atomic E-state index is 12.9. The van der Waals surface area contributed by atoms with Gasteiger partial charge in [0.1, 0.15) is 17.6 Å². The summed E-state index contributed by atoms with van der Waals surface area (Å²) in [5.74, 6) is 0.570. The predicted octanol–water partition coefficient (Wildman–Crippen LogP) is 2.00. The molecule has 7 nitrogen and oxygen atoms in total. The molecule has 2 heterocycles. The highest BCUT2D eigenvalue weighted by molar-refractivity contribution is 7.90. The van der Waals surface area contributed by atoms with Crippen molar-refractivity contribution in [3.8, 4) is 0 Å². The Morgan fingerprint density at radius 2 is 1.96 bits per heavy atom. The van der Waals surface area contributed by atoms with Crippen molar-refractivity contribution < 1.29 is 17.6 Å². The molecule has 0 radical (unpaired) electrons. The second-order valence-electron chi connectivity index (χ2n) is 6.54. The quantitative estimate of drug-likeness (QED) is 0.865. The number of hydrogen-bond donors (Lipinski definition) is 1. The number of sulfonamides is 1. The van der Waals surface area contributed by atoms with E-state index < -0.39 is 16.1 Å². The summed E-state index contributed by atoms with van der Waals surface area (Å²) in [6.07, 6.45) is 1.55. The number of likely N-dealkylation sites (N-methyl/N-ethyl adjacent to an activating group) is 1. The number of aliphatic imine (C=N–C) groups is 1. The van der Waals surface area contributed by atoms with E-state index in [0.29, 0.717) is 17.9 Å². The Morgan fingerprint density at radius 3 is 2.62 bits per heavy atom. The summed E-state index contributed by atoms with van der Waals surface area (Å²) < 4.78 is 32.2. The van der Waals surface area contributed by atoms with Crippen molar-refractivity contribution in [2.45, 2.75) is 31.3 Å². The highest BCUT2D eigenvalue weighted by Crippen LogP contribution is 2.24. The Labute approximate surface area is 152 Å². The molecule has 0 fully saturated rings. The Morgan fingerprint density at radius 1 is 1.23 bits per heavy atom. The van der Waals surface area contributed by atoms with E-state index in [0.717, 1.165) is 0 Å². The van der Waals surface area contributed by atoms with Gasteiger partial charge in [-0.15, -0.1) is 0 Å². The van der Waals surface area contributed by atoms with Gasteiger partial charge in [0.05, 0.1) is 17.7 Å². The number of hydrogen-bond acceptors (Lipinski definition) is 5. The fourth-order valence-corrected chi connectivity index (χ4v) is 4.04. The molecule has 0 aliphatic carbocycles. The Bertz CT molecular complexity index is 933. The maximum absolute atomic E-state index is 12.9. The van der Waals surface area contributed by atoms with E-state index in [2.05, 4.69) is 9.71 Å². The Hall–Kier alpha value is -2.61. The summed E-state index contributed by atoms with van der Waals surface area (Å²) in [5.41, 5.74) is 0.486. The monoisotopic (exact) mass is 375 g/mol. The summed E-state index contributed by atoms with van der Waals surface area (Å²) >= 11 is 0. The molecule has 2 aromatic rings. The molecular weight excluding hydrogens is 354 g/mol. The van der Waals surface area contributed by atoms with Crippen molar-refractivity contribution in [3.63, 3.8) is 0 Å². The van der Waals surface area contributed by atoms with Gasteiger partial charge in [0.15, 0.2) is 0 Å². The molecule has 3 rings (SSSR count). The fraction of sp³-hybridized carbons (Fsp3) is 0.333. The molecule has 138 valence electrons. The molecule has 26 heavy (non-hydrogen) atoms. The second kappa shape index (κ2) is 6.95. The third-order valence-electron chi connectivity index (χ3n) is 4.16. The molecule has 0 spiro atoms. The lowest BCUT2D eigenvalue weighted by atomic mass is 10.0. The maximum Gasteiger partial charge on any atom is 0.263 e. The Balaban J connectivity index is 1.89. The lowest BCUT2D eigenvalue weighted by Crippen LogP contribution is -2.39. The van der Waals surface area contributed by atoms with Crippen molar-refractivity contribution in [1.29, 1.82) is 0 Å². The zero-order valence-corrected chi connectivity index (χ0v) is 15.7. The van der Waals surface area contributed by atoms with Crippen LogP contribution in [0.2, 0.25) is 0 Å². The molecule has 1 amide bonds. The lowest BCUT2D eigenvalue weighted by molar-refractivity contribution is -0.132. The average molecular weight is 375 g/mol. The topological polar surface area (TPSA) is 92.0 Å². The fourth-order valence-electron chi connectivity index (χ4n) is 2.80. The number of amidine groups is 1. The van der Waals surface area contributed by atoms with Crippen LogP contribution in [-0.2, 0) is 21.4 Å². The van der Waals surface area contributed by atoms with Crippen molar-refractivity contribution >= 4 is 21.8 Å². The number of rotatable bonds is 5. The van der Waals surface area contributed by atoms with Gasteiger partial charge in [0, 0.05) is 12.6 Å². The van der Waals surface area contributed by atoms with Crippen molar-refractivity contribution in [3.05, 3.63) is 54.0 Å². The smallest absolute Gasteiger partial charge is 0.263 e. The minimum Gasteiger partial charge on any atom is -0.467 e. The zero-order valence-electron chi connectivity index (χ0n) is 14.8. The summed E-state index contributed by atoms with van der Waals surface area (Å²) in [5, 5.41) is 0. The summed E-state index contributed by atoms with van der Waals surface area (Å²) in [6, 6.07) is 9.45. The first kappa shape index (κ1) is 18.2. The van der Waals surface area contributed by atoms with Crippen LogP contribution in [0.1, 0.15) is 25.2 Å². The number of carbonyl (C=O) groups excluding carboxylic acids is 1. The molecule has 1 aromatic carbocycles. The first-order chi connectivity index (χ1) is 12.3. The molecule has 1 atom stereocenters. The van der Waals surface area contributed by atoms with Crippen LogP contribution in [0.25, 0.3) is 0 Å². The van der Waals surface area contributed by atoms with Gasteiger partial charge in [-0.3, -0.25) is 14.5 Å². The largest absolute Gasteiger partial charge is 0.467 e. The highest BCUT2D eigenvalue weighted by Gasteiger charge is 2.33. The number of fused-ring (bicyclic) bond motifs is 1. The first-order valence-electron chi connectivity index (χ1n) is 8.27. The van der Waals surface area contributed by atoms with E-state index in [1.165, 1.54) is 11.0 Å². The number of furan rings is 1. The molecule has 0 saturated carbocycles. The summed E-state index contributed by atoms with van der Waals surface area (Å²) in [4.78, 5) is 19.0. The Kier molecular flexibility index (Phi) is 4.86. The molecular formula is C18H21N3O4S. The first-order valence-corrected chi connectivity index (χ1v) is 9.75. The number of carbonyl (C=O) groups is 1. The van der Waals surface area contributed by atoms with E-state index in [9.17, 15) is 13.2 Å². The predicted molar refractivity (Wildman–Crippen MR) is 97.1 cm³/mol. The van der Waals surface area contributed by atoms with Crippen LogP contribution in [0.3, 0.4) is 0 Å². The van der Waals surface area contributed by atoms with Gasteiger partial charge < -0.3 is 9.32 Å². The number of nitrogens with one attached hydrogen (secondary N) is 1. The highest BCUT2D eigenvalue weighted by atomic mass is 32.2. The van der Waals surface area contributed by atoms with Gasteiger partial charge in [-0.25, -0.2) is 8.42 Å². The molecule has 1 aromatic heterocycles. The normalized spacial score (nSPS) is 17.8. The lowest BCUT2D eigenvalue weighted by Gasteiger charge is -2.23. The van der Waals surface area contributed by atoms with E-state index in [-0.39, 0.29) is 22.6 Å². The molecule has 1 aliphatic heterocycles. The number of benzene rings is 1. The minimum absolute atomic E-state index is 0.105. The van der Waals surface area contributed by atoms with Crippen molar-refractivity contribution in [1.82, 2.24) is 9.62 Å². The van der Waals surface area contributed by atoms with Crippen LogP contribution in [0.4, 0.5) is 0 Å². The average Bonchev–Trinajstić information content (AvgIpc) is 3.18. The van der Waals surface area contributed by atoms with Crippen LogP contribution in [0.5, 0.6) is 0 Å². The molecule has 1 N–H and O–H groups in total. The summed E-state index contributed by atoms with van der Waals surface area (Å²) in [7, 11) is -1.96. The van der Waals surface area contributed by atoms with E-state index in [4.69, 9.17) is 4.42 Å². The van der Waals surface area contributed by atoms with Crippen LogP contribution >= 0.6 is 0 Å². The van der Waals surface area contributed by atoms with Crippen LogP contribution in [-0.4, -0.2) is 38.2 Å². The van der Waals surface area contributed by atoms with Gasteiger partial charge in [-0.1, -0.05) is 26.0 Å². The summed E-state index contributed by atoms with van der Waals surface area (Å²) in [6.45, 7) is 4.08. The standard InChI is InChI=1S/C18H21N3O4S/c1-12(2)16(18(22)21(3)11-13-7-6-10-25-13)19-17-14-8-4-5-9-15(14)26(23,24)20-17/h4-10,12,16H,11H2,1-3H3,(H,19,20)/t16-/m0/s1. The third-order valence-corrected chi connectivity index (χ3v) is 5.56. The molecule has 1 aliphatic rings. The number of amides is 1. The van der Waals surface area contributed by atoms with Gasteiger partial charge >= 0.3 is 0 Å². The SMILES string of the molecule is CC(C)[C@H](N=C1NS(=O)(=O)c2ccccc21)C(=O)N(C)Cc1ccco1. The van der Waals surface area contributed by atoms with Gasteiger partial charge in [-0.05, 0) is 30.2 Å². The van der Waals surface area contributed by atoms with Crippen molar-refractivity contribution in [2.75, 3.05) is 7.05 Å². The van der Waals surface area contributed by atoms with Crippen LogP contribution in [0, 0.1) is 5.92 Å². The van der Waals surface area contributed by atoms with Gasteiger partial charge in [-0.2, -0.15) is 0 Å². The van der Waals surface area contributed by atoms with Crippen LogP contribution < -0.4 is 4.72 Å². The third kappa shape index (κ3) is 3.50. The molecule has 0 saturated heterocycles. The molecule has 8 heteroatoms. The van der Waals surface area contributed by atoms with Gasteiger partial charge in [0.25, 0.3) is 10.0 Å².